The smallest absolute Gasteiger partial charge is 0.307 e. The molecule has 1 aliphatic heterocycles. The van der Waals surface area contributed by atoms with Crippen molar-refractivity contribution in [2.75, 3.05) is 32.8 Å². The first kappa shape index (κ1) is 21.6. The molecule has 160 valence electrons. The second kappa shape index (κ2) is 10.1. The number of likely N-dealkylation sites (N-methyl/N-ethyl adjacent to an activating group) is 1. The molecule has 1 saturated heterocycles. The molecule has 0 spiro atoms. The Hall–Kier alpha value is -2.08. The Morgan fingerprint density at radius 3 is 2.83 bits per heavy atom. The van der Waals surface area contributed by atoms with Gasteiger partial charge in [-0.3, -0.25) is 14.5 Å². The molecule has 3 rings (SSSR count). The molecule has 1 aromatic heterocycles. The highest BCUT2D eigenvalue weighted by molar-refractivity contribution is 5.91. The van der Waals surface area contributed by atoms with Crippen molar-refractivity contribution in [1.82, 2.24) is 9.80 Å². The summed E-state index contributed by atoms with van der Waals surface area (Å²) in [5.74, 6) is 2.57. The molecule has 29 heavy (non-hydrogen) atoms. The molecule has 0 bridgehead atoms. The van der Waals surface area contributed by atoms with Crippen LogP contribution in [-0.2, 0) is 14.3 Å². The Labute approximate surface area is 173 Å². The van der Waals surface area contributed by atoms with E-state index in [9.17, 15) is 9.59 Å². The number of nitrogens with zero attached hydrogens (tertiary/aromatic N) is 2. The minimum absolute atomic E-state index is 0.0880. The third kappa shape index (κ3) is 5.95. The lowest BCUT2D eigenvalue weighted by molar-refractivity contribution is -0.143. The number of esters is 1. The Morgan fingerprint density at radius 2 is 2.14 bits per heavy atom. The summed E-state index contributed by atoms with van der Waals surface area (Å²) in [6.45, 7) is 9.59. The molecule has 2 heterocycles. The van der Waals surface area contributed by atoms with Gasteiger partial charge in [-0.25, -0.2) is 0 Å². The summed E-state index contributed by atoms with van der Waals surface area (Å²) in [4.78, 5) is 28.9. The van der Waals surface area contributed by atoms with Gasteiger partial charge < -0.3 is 14.1 Å². The molecule has 1 amide bonds. The highest BCUT2D eigenvalue weighted by atomic mass is 16.5. The van der Waals surface area contributed by atoms with Gasteiger partial charge in [0.25, 0.3) is 0 Å². The molecule has 0 radical (unpaired) electrons. The quantitative estimate of drug-likeness (QED) is 0.441. The lowest BCUT2D eigenvalue weighted by Crippen LogP contribution is -2.43. The standard InChI is InChI=1S/C23H34N2O4/c1-4-24-13-6-7-18(24)16-25(14-12-23(27)28-5-2)22(26)11-9-19-8-10-21(29-19)20-15-17(20)3/h8-11,17-18,20H,4-7,12-16H2,1-3H3/b11-9+. The highest BCUT2D eigenvalue weighted by Crippen LogP contribution is 2.47. The van der Waals surface area contributed by atoms with Gasteiger partial charge in [0.1, 0.15) is 11.5 Å². The first-order valence-corrected chi connectivity index (χ1v) is 11.0. The summed E-state index contributed by atoms with van der Waals surface area (Å²) >= 11 is 0. The summed E-state index contributed by atoms with van der Waals surface area (Å²) in [6, 6.07) is 4.28. The van der Waals surface area contributed by atoms with E-state index < -0.39 is 0 Å². The third-order valence-electron chi connectivity index (χ3n) is 6.05. The number of likely N-dealkylation sites (tertiary alicyclic amines) is 1. The van der Waals surface area contributed by atoms with E-state index in [1.54, 1.807) is 24.0 Å². The number of amides is 1. The molecule has 0 N–H and O–H groups in total. The van der Waals surface area contributed by atoms with Gasteiger partial charge in [0, 0.05) is 31.1 Å². The maximum absolute atomic E-state index is 12.9. The largest absolute Gasteiger partial charge is 0.466 e. The summed E-state index contributed by atoms with van der Waals surface area (Å²) in [6.07, 6.45) is 6.94. The van der Waals surface area contributed by atoms with Crippen molar-refractivity contribution in [3.63, 3.8) is 0 Å². The van der Waals surface area contributed by atoms with E-state index in [4.69, 9.17) is 9.15 Å². The van der Waals surface area contributed by atoms with Crippen LogP contribution in [0.3, 0.4) is 0 Å². The van der Waals surface area contributed by atoms with Gasteiger partial charge in [0.05, 0.1) is 13.0 Å². The number of rotatable bonds is 10. The van der Waals surface area contributed by atoms with E-state index in [-0.39, 0.29) is 18.3 Å². The fourth-order valence-corrected chi connectivity index (χ4v) is 4.16. The van der Waals surface area contributed by atoms with Crippen molar-refractivity contribution < 1.29 is 18.7 Å². The molecular weight excluding hydrogens is 368 g/mol. The molecule has 6 nitrogen and oxygen atoms in total. The van der Waals surface area contributed by atoms with Crippen molar-refractivity contribution in [1.29, 1.82) is 0 Å². The first-order valence-electron chi connectivity index (χ1n) is 11.0. The van der Waals surface area contributed by atoms with Crippen LogP contribution >= 0.6 is 0 Å². The third-order valence-corrected chi connectivity index (χ3v) is 6.05. The lowest BCUT2D eigenvalue weighted by Gasteiger charge is -2.29. The minimum Gasteiger partial charge on any atom is -0.466 e. The summed E-state index contributed by atoms with van der Waals surface area (Å²) in [5.41, 5.74) is 0. The number of carbonyl (C=O) groups is 2. The highest BCUT2D eigenvalue weighted by Gasteiger charge is 2.36. The van der Waals surface area contributed by atoms with Crippen molar-refractivity contribution in [2.24, 2.45) is 5.92 Å². The van der Waals surface area contributed by atoms with E-state index in [1.165, 1.54) is 6.42 Å². The predicted octanol–water partition coefficient (Wildman–Crippen LogP) is 3.68. The second-order valence-electron chi connectivity index (χ2n) is 8.16. The van der Waals surface area contributed by atoms with Crippen LogP contribution in [0.25, 0.3) is 6.08 Å². The van der Waals surface area contributed by atoms with Crippen molar-refractivity contribution in [3.05, 3.63) is 29.7 Å². The topological polar surface area (TPSA) is 63.0 Å². The Kier molecular flexibility index (Phi) is 7.53. The zero-order valence-corrected chi connectivity index (χ0v) is 17.9. The second-order valence-corrected chi connectivity index (χ2v) is 8.16. The Morgan fingerprint density at radius 1 is 1.34 bits per heavy atom. The van der Waals surface area contributed by atoms with Crippen LogP contribution in [0.1, 0.15) is 63.9 Å². The number of furan rings is 1. The molecule has 6 heteroatoms. The van der Waals surface area contributed by atoms with E-state index in [2.05, 4.69) is 18.7 Å². The SMILES string of the molecule is CCOC(=O)CCN(CC1CCCN1CC)C(=O)/C=C/c1ccc(C2CC2C)o1. The summed E-state index contributed by atoms with van der Waals surface area (Å²) in [5, 5.41) is 0. The van der Waals surface area contributed by atoms with Gasteiger partial charge in [0.2, 0.25) is 5.91 Å². The van der Waals surface area contributed by atoms with Crippen LogP contribution in [0.5, 0.6) is 0 Å². The maximum Gasteiger partial charge on any atom is 0.307 e. The average molecular weight is 403 g/mol. The molecule has 3 atom stereocenters. The van der Waals surface area contributed by atoms with Crippen LogP contribution < -0.4 is 0 Å². The van der Waals surface area contributed by atoms with Gasteiger partial charge in [-0.2, -0.15) is 0 Å². The van der Waals surface area contributed by atoms with E-state index in [0.29, 0.717) is 43.3 Å². The van der Waals surface area contributed by atoms with Crippen LogP contribution in [-0.4, -0.2) is 60.5 Å². The zero-order valence-electron chi connectivity index (χ0n) is 17.9. The number of ether oxygens (including phenoxy) is 1. The number of carbonyl (C=O) groups excluding carboxylic acids is 2. The molecular formula is C23H34N2O4. The number of hydrogen-bond donors (Lipinski definition) is 0. The molecule has 2 aliphatic rings. The van der Waals surface area contributed by atoms with Crippen LogP contribution in [0.2, 0.25) is 0 Å². The average Bonchev–Trinajstić information content (AvgIpc) is 3.11. The normalized spacial score (nSPS) is 24.2. The first-order chi connectivity index (χ1) is 14.0. The molecule has 1 aliphatic carbocycles. The van der Waals surface area contributed by atoms with Crippen LogP contribution in [0, 0.1) is 5.92 Å². The van der Waals surface area contributed by atoms with Gasteiger partial charge in [-0.05, 0) is 63.4 Å². The van der Waals surface area contributed by atoms with E-state index in [0.717, 1.165) is 31.7 Å². The van der Waals surface area contributed by atoms with Gasteiger partial charge in [0.15, 0.2) is 0 Å². The zero-order chi connectivity index (χ0) is 20.8. The predicted molar refractivity (Wildman–Crippen MR) is 112 cm³/mol. The van der Waals surface area contributed by atoms with Crippen molar-refractivity contribution in [2.45, 2.75) is 58.4 Å². The van der Waals surface area contributed by atoms with Crippen molar-refractivity contribution in [3.8, 4) is 0 Å². The minimum atomic E-state index is -0.262. The van der Waals surface area contributed by atoms with Crippen LogP contribution in [0.15, 0.2) is 22.6 Å². The van der Waals surface area contributed by atoms with E-state index >= 15 is 0 Å². The van der Waals surface area contributed by atoms with Crippen LogP contribution in [0.4, 0.5) is 0 Å². The molecule has 1 saturated carbocycles. The van der Waals surface area contributed by atoms with Gasteiger partial charge in [-0.15, -0.1) is 0 Å². The fourth-order valence-electron chi connectivity index (χ4n) is 4.16. The molecule has 0 aromatic carbocycles. The van der Waals surface area contributed by atoms with E-state index in [1.807, 2.05) is 12.1 Å². The van der Waals surface area contributed by atoms with Gasteiger partial charge >= 0.3 is 5.97 Å². The summed E-state index contributed by atoms with van der Waals surface area (Å²) < 4.78 is 10.9. The molecule has 2 fully saturated rings. The Balaban J connectivity index is 1.62. The lowest BCUT2D eigenvalue weighted by atomic mass is 10.2. The van der Waals surface area contributed by atoms with Gasteiger partial charge in [-0.1, -0.05) is 13.8 Å². The molecule has 3 unspecified atom stereocenters. The van der Waals surface area contributed by atoms with Crippen molar-refractivity contribution >= 4 is 18.0 Å². The Bertz CT molecular complexity index is 726. The monoisotopic (exact) mass is 402 g/mol. The summed E-state index contributed by atoms with van der Waals surface area (Å²) in [7, 11) is 0. The maximum atomic E-state index is 12.9. The molecule has 1 aromatic rings. The fraction of sp³-hybridized carbons (Fsp3) is 0.652. The number of hydrogen-bond acceptors (Lipinski definition) is 5.